The van der Waals surface area contributed by atoms with E-state index < -0.39 is 0 Å². The summed E-state index contributed by atoms with van der Waals surface area (Å²) in [5.74, 6) is 0.973. The lowest BCUT2D eigenvalue weighted by molar-refractivity contribution is -0.135. The van der Waals surface area contributed by atoms with E-state index >= 15 is 0 Å². The van der Waals surface area contributed by atoms with E-state index in [0.29, 0.717) is 6.04 Å². The highest BCUT2D eigenvalue weighted by molar-refractivity contribution is 5.33. The van der Waals surface area contributed by atoms with Crippen LogP contribution in [0.25, 0.3) is 0 Å². The molecule has 3 heteroatoms. The maximum Gasteiger partial charge on any atom is 0.123 e. The fourth-order valence-electron chi connectivity index (χ4n) is 3.22. The van der Waals surface area contributed by atoms with E-state index in [2.05, 4.69) is 17.4 Å². The largest absolute Gasteiger partial charge is 0.496 e. The van der Waals surface area contributed by atoms with Crippen molar-refractivity contribution >= 4 is 0 Å². The smallest absolute Gasteiger partial charge is 0.123 e. The third kappa shape index (κ3) is 2.77. The summed E-state index contributed by atoms with van der Waals surface area (Å²) in [6.45, 7) is 1.79. The molecule has 1 saturated carbocycles. The molecular weight excluding hydrogens is 238 g/mol. The van der Waals surface area contributed by atoms with Gasteiger partial charge in [0.1, 0.15) is 5.75 Å². The van der Waals surface area contributed by atoms with Crippen LogP contribution in [0.4, 0.5) is 0 Å². The molecule has 2 aliphatic rings. The topological polar surface area (TPSA) is 30.5 Å². The van der Waals surface area contributed by atoms with Crippen LogP contribution in [0.1, 0.15) is 37.7 Å². The molecule has 0 bridgehead atoms. The molecule has 1 atom stereocenters. The summed E-state index contributed by atoms with van der Waals surface area (Å²) in [6, 6.07) is 8.81. The molecule has 3 nitrogen and oxygen atoms in total. The van der Waals surface area contributed by atoms with Crippen LogP contribution in [0.15, 0.2) is 24.3 Å². The number of methoxy groups -OCH3 is 1. The van der Waals surface area contributed by atoms with Gasteiger partial charge in [0.2, 0.25) is 0 Å². The average Bonchev–Trinajstić information content (AvgIpc) is 2.44. The monoisotopic (exact) mass is 261 g/mol. The average molecular weight is 261 g/mol. The molecule has 0 amide bonds. The van der Waals surface area contributed by atoms with Gasteiger partial charge in [-0.3, -0.25) is 0 Å². The molecule has 1 N–H and O–H groups in total. The Kier molecular flexibility index (Phi) is 3.76. The predicted molar refractivity (Wildman–Crippen MR) is 75.4 cm³/mol. The number of nitrogens with one attached hydrogen (secondary N) is 1. The van der Waals surface area contributed by atoms with E-state index in [4.69, 9.17) is 9.47 Å². The van der Waals surface area contributed by atoms with E-state index in [1.54, 1.807) is 7.11 Å². The summed E-state index contributed by atoms with van der Waals surface area (Å²) in [6.07, 6.45) is 6.12. The zero-order valence-electron chi connectivity index (χ0n) is 11.7. The molecular formula is C16H23NO2. The Bertz CT molecular complexity index is 429. The highest BCUT2D eigenvalue weighted by atomic mass is 16.5. The molecule has 0 aromatic heterocycles. The van der Waals surface area contributed by atoms with Crippen LogP contribution in [0.5, 0.6) is 5.75 Å². The van der Waals surface area contributed by atoms with Gasteiger partial charge >= 0.3 is 0 Å². The van der Waals surface area contributed by atoms with Gasteiger partial charge in [0.15, 0.2) is 0 Å². The predicted octanol–water partition coefficient (Wildman–Crippen LogP) is 2.89. The van der Waals surface area contributed by atoms with Gasteiger partial charge in [-0.25, -0.2) is 0 Å². The Morgan fingerprint density at radius 1 is 1.37 bits per heavy atom. The minimum atomic E-state index is 0.219. The maximum absolute atomic E-state index is 5.96. The van der Waals surface area contributed by atoms with Crippen LogP contribution in [0.3, 0.4) is 0 Å². The summed E-state index contributed by atoms with van der Waals surface area (Å²) in [4.78, 5) is 0. The van der Waals surface area contributed by atoms with Gasteiger partial charge in [-0.1, -0.05) is 18.2 Å². The van der Waals surface area contributed by atoms with Gasteiger partial charge in [0.25, 0.3) is 0 Å². The third-order valence-corrected chi connectivity index (χ3v) is 4.53. The van der Waals surface area contributed by atoms with Crippen LogP contribution < -0.4 is 10.1 Å². The number of benzene rings is 1. The summed E-state index contributed by atoms with van der Waals surface area (Å²) >= 11 is 0. The van der Waals surface area contributed by atoms with Crippen molar-refractivity contribution < 1.29 is 9.47 Å². The molecule has 2 fully saturated rings. The molecule has 1 aromatic rings. The number of ether oxygens (including phenoxy) is 2. The van der Waals surface area contributed by atoms with E-state index in [0.717, 1.165) is 25.3 Å². The van der Waals surface area contributed by atoms with Crippen molar-refractivity contribution in [1.82, 2.24) is 5.32 Å². The van der Waals surface area contributed by atoms with Crippen molar-refractivity contribution in [3.05, 3.63) is 29.8 Å². The third-order valence-electron chi connectivity index (χ3n) is 4.53. The summed E-state index contributed by atoms with van der Waals surface area (Å²) < 4.78 is 11.4. The summed E-state index contributed by atoms with van der Waals surface area (Å²) in [5, 5.41) is 3.68. The van der Waals surface area contributed by atoms with Crippen molar-refractivity contribution in [3.63, 3.8) is 0 Å². The zero-order valence-corrected chi connectivity index (χ0v) is 11.7. The number of para-hydroxylation sites is 1. The first-order valence-electron chi connectivity index (χ1n) is 7.31. The van der Waals surface area contributed by atoms with Crippen LogP contribution in [-0.4, -0.2) is 25.4 Å². The fourth-order valence-corrected chi connectivity index (χ4v) is 3.22. The molecule has 1 heterocycles. The van der Waals surface area contributed by atoms with E-state index in [1.807, 2.05) is 12.1 Å². The lowest BCUT2D eigenvalue weighted by Gasteiger charge is -2.47. The fraction of sp³-hybridized carbons (Fsp3) is 0.625. The van der Waals surface area contributed by atoms with Crippen LogP contribution in [-0.2, 0) is 11.3 Å². The number of hydrogen-bond donors (Lipinski definition) is 1. The molecule has 1 aliphatic carbocycles. The molecule has 19 heavy (non-hydrogen) atoms. The lowest BCUT2D eigenvalue weighted by atomic mass is 9.74. The molecule has 1 aromatic carbocycles. The lowest BCUT2D eigenvalue weighted by Crippen LogP contribution is -2.50. The van der Waals surface area contributed by atoms with Crippen molar-refractivity contribution in [2.24, 2.45) is 0 Å². The molecule has 1 spiro atoms. The molecule has 1 unspecified atom stereocenters. The Morgan fingerprint density at radius 3 is 2.95 bits per heavy atom. The summed E-state index contributed by atoms with van der Waals surface area (Å²) in [7, 11) is 1.73. The first kappa shape index (κ1) is 12.9. The van der Waals surface area contributed by atoms with Gasteiger partial charge < -0.3 is 14.8 Å². The van der Waals surface area contributed by atoms with Crippen molar-refractivity contribution in [1.29, 1.82) is 0 Å². The number of hydrogen-bond acceptors (Lipinski definition) is 3. The highest BCUT2D eigenvalue weighted by Gasteiger charge is 2.42. The van der Waals surface area contributed by atoms with Gasteiger partial charge in [0.05, 0.1) is 12.7 Å². The van der Waals surface area contributed by atoms with Crippen LogP contribution in [0, 0.1) is 0 Å². The molecule has 3 rings (SSSR count). The normalized spacial score (nSPS) is 25.0. The van der Waals surface area contributed by atoms with E-state index in [9.17, 15) is 0 Å². The number of rotatable bonds is 4. The van der Waals surface area contributed by atoms with Gasteiger partial charge in [-0.2, -0.15) is 0 Å². The van der Waals surface area contributed by atoms with Crippen LogP contribution in [0.2, 0.25) is 0 Å². The van der Waals surface area contributed by atoms with Crippen molar-refractivity contribution in [3.8, 4) is 5.75 Å². The van der Waals surface area contributed by atoms with Gasteiger partial charge in [0, 0.05) is 24.8 Å². The second kappa shape index (κ2) is 5.51. The molecule has 104 valence electrons. The maximum atomic E-state index is 5.96. The van der Waals surface area contributed by atoms with Gasteiger partial charge in [-0.05, 0) is 38.2 Å². The first-order valence-corrected chi connectivity index (χ1v) is 7.31. The van der Waals surface area contributed by atoms with Crippen LogP contribution >= 0.6 is 0 Å². The zero-order chi connectivity index (χ0) is 13.1. The SMILES string of the molecule is COc1ccccc1CNC1CCOC2(CCC2)C1. The second-order valence-electron chi connectivity index (χ2n) is 5.77. The Balaban J connectivity index is 1.57. The van der Waals surface area contributed by atoms with Gasteiger partial charge in [-0.15, -0.1) is 0 Å². The minimum Gasteiger partial charge on any atom is -0.496 e. The quantitative estimate of drug-likeness (QED) is 0.904. The first-order chi connectivity index (χ1) is 9.31. The Morgan fingerprint density at radius 2 is 2.21 bits per heavy atom. The molecule has 1 saturated heterocycles. The van der Waals surface area contributed by atoms with E-state index in [1.165, 1.54) is 31.2 Å². The minimum absolute atomic E-state index is 0.219. The molecule has 1 aliphatic heterocycles. The summed E-state index contributed by atoms with van der Waals surface area (Å²) in [5.41, 5.74) is 1.45. The standard InChI is InChI=1S/C16H23NO2/c1-18-15-6-3-2-5-13(15)12-17-14-7-10-19-16(11-14)8-4-9-16/h2-3,5-6,14,17H,4,7-12H2,1H3. The van der Waals surface area contributed by atoms with Crippen molar-refractivity contribution in [2.75, 3.05) is 13.7 Å². The van der Waals surface area contributed by atoms with E-state index in [-0.39, 0.29) is 5.60 Å². The Hall–Kier alpha value is -1.06. The van der Waals surface area contributed by atoms with Crippen molar-refractivity contribution in [2.45, 2.75) is 50.3 Å². The Labute approximate surface area is 115 Å². The second-order valence-corrected chi connectivity index (χ2v) is 5.77. The highest BCUT2D eigenvalue weighted by Crippen LogP contribution is 2.42. The molecule has 0 radical (unpaired) electrons.